The quantitative estimate of drug-likeness (QED) is 0.907. The second kappa shape index (κ2) is 8.55. The number of likely N-dealkylation sites (N-methyl/N-ethyl adjacent to an activating group) is 1. The summed E-state index contributed by atoms with van der Waals surface area (Å²) in [5.41, 5.74) is 2.08. The molecule has 1 N–H and O–H groups in total. The summed E-state index contributed by atoms with van der Waals surface area (Å²) < 4.78 is 0. The largest absolute Gasteiger partial charge is 0.337 e. The van der Waals surface area contributed by atoms with E-state index in [1.165, 1.54) is 5.56 Å². The van der Waals surface area contributed by atoms with Crippen LogP contribution in [0.5, 0.6) is 0 Å². The number of carbonyl (C=O) groups excluding carboxylic acids is 1. The van der Waals surface area contributed by atoms with Crippen molar-refractivity contribution in [1.82, 2.24) is 10.2 Å². The second-order valence-corrected chi connectivity index (χ2v) is 6.17. The van der Waals surface area contributed by atoms with Crippen molar-refractivity contribution in [1.29, 1.82) is 0 Å². The first kappa shape index (κ1) is 17.3. The number of rotatable bonds is 5. The van der Waals surface area contributed by atoms with Gasteiger partial charge in [0.05, 0.1) is 0 Å². The summed E-state index contributed by atoms with van der Waals surface area (Å²) in [6.45, 7) is 4.08. The first-order chi connectivity index (χ1) is 9.22. The van der Waals surface area contributed by atoms with Crippen LogP contribution < -0.4 is 5.32 Å². The van der Waals surface area contributed by atoms with Gasteiger partial charge < -0.3 is 10.2 Å². The summed E-state index contributed by atoms with van der Waals surface area (Å²) in [6.07, 6.45) is 1.05. The molecule has 0 saturated carbocycles. The van der Waals surface area contributed by atoms with Crippen LogP contribution in [0.4, 0.5) is 0 Å². The Labute approximate surface area is 131 Å². The molecule has 5 heteroatoms. The van der Waals surface area contributed by atoms with Crippen molar-refractivity contribution in [3.05, 3.63) is 35.4 Å². The molecule has 1 aromatic rings. The van der Waals surface area contributed by atoms with Gasteiger partial charge in [-0.2, -0.15) is 11.8 Å². The maximum absolute atomic E-state index is 12.3. The molecule has 0 aliphatic carbocycles. The molecule has 1 fully saturated rings. The molecule has 1 aliphatic rings. The Morgan fingerprint density at radius 3 is 2.65 bits per heavy atom. The van der Waals surface area contributed by atoms with E-state index in [1.54, 1.807) is 0 Å². The molecule has 1 atom stereocenters. The third-order valence-electron chi connectivity index (χ3n) is 3.58. The van der Waals surface area contributed by atoms with Gasteiger partial charge in [0.1, 0.15) is 0 Å². The van der Waals surface area contributed by atoms with Crippen LogP contribution in [0.2, 0.25) is 0 Å². The third-order valence-corrected chi connectivity index (χ3v) is 4.52. The topological polar surface area (TPSA) is 32.3 Å². The predicted molar refractivity (Wildman–Crippen MR) is 88.9 cm³/mol. The zero-order valence-electron chi connectivity index (χ0n) is 12.1. The van der Waals surface area contributed by atoms with Gasteiger partial charge in [0, 0.05) is 31.0 Å². The van der Waals surface area contributed by atoms with E-state index in [-0.39, 0.29) is 18.3 Å². The van der Waals surface area contributed by atoms with E-state index in [1.807, 2.05) is 35.8 Å². The Morgan fingerprint density at radius 2 is 2.10 bits per heavy atom. The van der Waals surface area contributed by atoms with E-state index in [0.717, 1.165) is 36.6 Å². The smallest absolute Gasteiger partial charge is 0.253 e. The molecule has 1 aliphatic heterocycles. The monoisotopic (exact) mass is 314 g/mol. The number of hydrogen-bond acceptors (Lipinski definition) is 3. The molecule has 0 bridgehead atoms. The van der Waals surface area contributed by atoms with Crippen LogP contribution in [0.3, 0.4) is 0 Å². The average Bonchev–Trinajstić information content (AvgIpc) is 2.98. The van der Waals surface area contributed by atoms with Crippen molar-refractivity contribution in [2.24, 2.45) is 0 Å². The first-order valence-corrected chi connectivity index (χ1v) is 8.02. The van der Waals surface area contributed by atoms with E-state index in [2.05, 4.69) is 24.4 Å². The Hall–Kier alpha value is -0.710. The SMILES string of the molecule is CCSCc1ccc(C(=O)N(C)C2CCNC2)cc1.Cl. The Kier molecular flexibility index (Phi) is 7.41. The molecular weight excluding hydrogens is 292 g/mol. The number of nitrogens with zero attached hydrogens (tertiary/aromatic N) is 1. The van der Waals surface area contributed by atoms with Gasteiger partial charge in [-0.25, -0.2) is 0 Å². The average molecular weight is 315 g/mol. The summed E-state index contributed by atoms with van der Waals surface area (Å²) in [5.74, 6) is 2.27. The second-order valence-electron chi connectivity index (χ2n) is 4.90. The van der Waals surface area contributed by atoms with Gasteiger partial charge in [0.25, 0.3) is 5.91 Å². The van der Waals surface area contributed by atoms with Gasteiger partial charge in [0.15, 0.2) is 0 Å². The first-order valence-electron chi connectivity index (χ1n) is 6.87. The van der Waals surface area contributed by atoms with E-state index in [0.29, 0.717) is 6.04 Å². The van der Waals surface area contributed by atoms with Crippen molar-refractivity contribution < 1.29 is 4.79 Å². The van der Waals surface area contributed by atoms with Crippen molar-refractivity contribution in [3.8, 4) is 0 Å². The predicted octanol–water partition coefficient (Wildman–Crippen LogP) is 2.80. The van der Waals surface area contributed by atoms with Crippen molar-refractivity contribution in [3.63, 3.8) is 0 Å². The number of halogens is 1. The number of amides is 1. The highest BCUT2D eigenvalue weighted by molar-refractivity contribution is 7.98. The molecular formula is C15H23ClN2OS. The van der Waals surface area contributed by atoms with E-state index < -0.39 is 0 Å². The minimum absolute atomic E-state index is 0. The molecule has 1 amide bonds. The summed E-state index contributed by atoms with van der Waals surface area (Å²) >= 11 is 1.90. The standard InChI is InChI=1S/C15H22N2OS.ClH/c1-3-19-11-12-4-6-13(7-5-12)15(18)17(2)14-8-9-16-10-14;/h4-7,14,16H,3,8-11H2,1-2H3;1H. The molecule has 0 spiro atoms. The Balaban J connectivity index is 0.00000200. The summed E-state index contributed by atoms with van der Waals surface area (Å²) in [4.78, 5) is 14.2. The Morgan fingerprint density at radius 1 is 1.40 bits per heavy atom. The summed E-state index contributed by atoms with van der Waals surface area (Å²) in [7, 11) is 1.90. The fourth-order valence-electron chi connectivity index (χ4n) is 2.30. The molecule has 1 unspecified atom stereocenters. The molecule has 2 rings (SSSR count). The molecule has 112 valence electrons. The highest BCUT2D eigenvalue weighted by Gasteiger charge is 2.23. The van der Waals surface area contributed by atoms with Crippen molar-refractivity contribution in [2.75, 3.05) is 25.9 Å². The van der Waals surface area contributed by atoms with Crippen LogP contribution in [0.1, 0.15) is 29.3 Å². The lowest BCUT2D eigenvalue weighted by Gasteiger charge is -2.23. The van der Waals surface area contributed by atoms with Crippen LogP contribution in [0.25, 0.3) is 0 Å². The summed E-state index contributed by atoms with van der Waals surface area (Å²) in [5, 5.41) is 3.30. The fraction of sp³-hybridized carbons (Fsp3) is 0.533. The lowest BCUT2D eigenvalue weighted by Crippen LogP contribution is -2.38. The van der Waals surface area contributed by atoms with Gasteiger partial charge in [-0.1, -0.05) is 19.1 Å². The number of thioether (sulfide) groups is 1. The van der Waals surface area contributed by atoms with Crippen molar-refractivity contribution in [2.45, 2.75) is 25.1 Å². The zero-order valence-corrected chi connectivity index (χ0v) is 13.7. The van der Waals surface area contributed by atoms with Gasteiger partial charge in [-0.3, -0.25) is 4.79 Å². The number of carbonyl (C=O) groups is 1. The normalized spacial score (nSPS) is 17.6. The lowest BCUT2D eigenvalue weighted by molar-refractivity contribution is 0.0744. The summed E-state index contributed by atoms with van der Waals surface area (Å²) in [6, 6.07) is 8.37. The molecule has 1 heterocycles. The van der Waals surface area contributed by atoms with E-state index >= 15 is 0 Å². The fourth-order valence-corrected chi connectivity index (χ4v) is 2.94. The molecule has 1 saturated heterocycles. The minimum atomic E-state index is 0. The lowest BCUT2D eigenvalue weighted by atomic mass is 10.1. The molecule has 3 nitrogen and oxygen atoms in total. The van der Waals surface area contributed by atoms with Crippen LogP contribution in [-0.4, -0.2) is 42.7 Å². The maximum atomic E-state index is 12.3. The van der Waals surface area contributed by atoms with Gasteiger partial charge in [0.2, 0.25) is 0 Å². The minimum Gasteiger partial charge on any atom is -0.337 e. The van der Waals surface area contributed by atoms with Crippen LogP contribution >= 0.6 is 24.2 Å². The Bertz CT molecular complexity index is 418. The molecule has 0 radical (unpaired) electrons. The highest BCUT2D eigenvalue weighted by atomic mass is 35.5. The van der Waals surface area contributed by atoms with Crippen LogP contribution in [-0.2, 0) is 5.75 Å². The highest BCUT2D eigenvalue weighted by Crippen LogP contribution is 2.15. The number of nitrogens with one attached hydrogen (secondary N) is 1. The number of benzene rings is 1. The van der Waals surface area contributed by atoms with E-state index in [9.17, 15) is 4.79 Å². The third kappa shape index (κ3) is 4.40. The van der Waals surface area contributed by atoms with Crippen LogP contribution in [0.15, 0.2) is 24.3 Å². The molecule has 1 aromatic carbocycles. The van der Waals surface area contributed by atoms with Crippen LogP contribution in [0, 0.1) is 0 Å². The van der Waals surface area contributed by atoms with Gasteiger partial charge in [-0.15, -0.1) is 12.4 Å². The maximum Gasteiger partial charge on any atom is 0.253 e. The van der Waals surface area contributed by atoms with E-state index in [4.69, 9.17) is 0 Å². The van der Waals surface area contributed by atoms with Gasteiger partial charge >= 0.3 is 0 Å². The van der Waals surface area contributed by atoms with Crippen molar-refractivity contribution >= 4 is 30.1 Å². The zero-order chi connectivity index (χ0) is 13.7. The molecule has 20 heavy (non-hydrogen) atoms. The number of hydrogen-bond donors (Lipinski definition) is 1. The van der Waals surface area contributed by atoms with Gasteiger partial charge in [-0.05, 0) is 36.4 Å². The molecule has 0 aromatic heterocycles.